The van der Waals surface area contributed by atoms with Gasteiger partial charge in [-0.2, -0.15) is 4.31 Å². The maximum absolute atomic E-state index is 12.9. The molecule has 8 heteroatoms. The molecule has 1 aliphatic carbocycles. The van der Waals surface area contributed by atoms with Gasteiger partial charge in [0.25, 0.3) is 5.91 Å². The van der Waals surface area contributed by atoms with E-state index in [-0.39, 0.29) is 23.9 Å². The molecule has 0 radical (unpaired) electrons. The molecule has 7 nitrogen and oxygen atoms in total. The van der Waals surface area contributed by atoms with E-state index in [1.54, 1.807) is 18.7 Å². The predicted molar refractivity (Wildman–Crippen MR) is 104 cm³/mol. The Hall–Kier alpha value is -2.19. The van der Waals surface area contributed by atoms with Gasteiger partial charge in [-0.1, -0.05) is 11.2 Å². The van der Waals surface area contributed by atoms with E-state index in [1.165, 1.54) is 28.3 Å². The molecule has 4 rings (SSSR count). The van der Waals surface area contributed by atoms with Gasteiger partial charge in [-0.15, -0.1) is 0 Å². The summed E-state index contributed by atoms with van der Waals surface area (Å²) in [5.74, 6) is 0.271. The van der Waals surface area contributed by atoms with Gasteiger partial charge in [-0.25, -0.2) is 8.42 Å². The zero-order valence-corrected chi connectivity index (χ0v) is 17.1. The summed E-state index contributed by atoms with van der Waals surface area (Å²) in [6, 6.07) is 5.99. The first-order valence-electron chi connectivity index (χ1n) is 9.72. The Morgan fingerprint density at radius 2 is 1.71 bits per heavy atom. The van der Waals surface area contributed by atoms with E-state index in [1.807, 2.05) is 12.1 Å². The monoisotopic (exact) mass is 403 g/mol. The Morgan fingerprint density at radius 1 is 1.04 bits per heavy atom. The molecule has 150 valence electrons. The summed E-state index contributed by atoms with van der Waals surface area (Å²) in [5.41, 5.74) is 3.68. The van der Waals surface area contributed by atoms with E-state index in [0.29, 0.717) is 30.1 Å². The third kappa shape index (κ3) is 3.35. The maximum atomic E-state index is 12.9. The molecule has 1 saturated heterocycles. The van der Waals surface area contributed by atoms with Crippen LogP contribution in [0.25, 0.3) is 0 Å². The number of hydrogen-bond donors (Lipinski definition) is 0. The Bertz CT molecular complexity index is 985. The first-order valence-corrected chi connectivity index (χ1v) is 11.2. The standard InChI is InChI=1S/C20H25N3O4S/c1-14-19(15(2)27-21-14)28(25,26)23-11-9-22(10-12-23)20(24)18-8-7-16-5-3-4-6-17(16)13-18/h7-8,13H,3-6,9-12H2,1-2H3. The molecule has 2 aromatic rings. The second-order valence-corrected chi connectivity index (χ2v) is 9.41. The molecule has 0 spiro atoms. The van der Waals surface area contributed by atoms with Gasteiger partial charge in [0.1, 0.15) is 10.6 Å². The van der Waals surface area contributed by atoms with Crippen molar-refractivity contribution in [1.82, 2.24) is 14.4 Å². The normalized spacial score (nSPS) is 18.1. The largest absolute Gasteiger partial charge is 0.360 e. The van der Waals surface area contributed by atoms with Crippen LogP contribution in [0.2, 0.25) is 0 Å². The molecule has 1 aromatic carbocycles. The third-order valence-electron chi connectivity index (χ3n) is 5.69. The number of carbonyl (C=O) groups excluding carboxylic acids is 1. The van der Waals surface area contributed by atoms with Crippen LogP contribution in [0.4, 0.5) is 0 Å². The molecule has 28 heavy (non-hydrogen) atoms. The first-order chi connectivity index (χ1) is 13.4. The number of fused-ring (bicyclic) bond motifs is 1. The van der Waals surface area contributed by atoms with Crippen LogP contribution in [-0.4, -0.2) is 54.9 Å². The second-order valence-electron chi connectivity index (χ2n) is 7.54. The van der Waals surface area contributed by atoms with Crippen LogP contribution in [0, 0.1) is 13.8 Å². The Labute approximate surface area is 165 Å². The summed E-state index contributed by atoms with van der Waals surface area (Å²) in [7, 11) is -3.67. The zero-order chi connectivity index (χ0) is 19.9. The molecule has 1 aliphatic heterocycles. The Morgan fingerprint density at radius 3 is 2.36 bits per heavy atom. The lowest BCUT2D eigenvalue weighted by molar-refractivity contribution is 0.0697. The van der Waals surface area contributed by atoms with E-state index in [9.17, 15) is 13.2 Å². The highest BCUT2D eigenvalue weighted by molar-refractivity contribution is 7.89. The minimum atomic E-state index is -3.67. The average molecular weight is 404 g/mol. The van der Waals surface area contributed by atoms with Crippen molar-refractivity contribution in [2.45, 2.75) is 44.4 Å². The summed E-state index contributed by atoms with van der Waals surface area (Å²) in [5, 5.41) is 3.75. The Balaban J connectivity index is 1.46. The fourth-order valence-electron chi connectivity index (χ4n) is 4.15. The molecule has 1 aromatic heterocycles. The fraction of sp³-hybridized carbons (Fsp3) is 0.500. The van der Waals surface area contributed by atoms with Crippen molar-refractivity contribution in [2.75, 3.05) is 26.2 Å². The topological polar surface area (TPSA) is 83.7 Å². The third-order valence-corrected chi connectivity index (χ3v) is 7.83. The number of amides is 1. The van der Waals surface area contributed by atoms with Crippen molar-refractivity contribution < 1.29 is 17.7 Å². The lowest BCUT2D eigenvalue weighted by Gasteiger charge is -2.34. The Kier molecular flexibility index (Phi) is 5.01. The van der Waals surface area contributed by atoms with Crippen LogP contribution < -0.4 is 0 Å². The number of aromatic nitrogens is 1. The molecule has 1 amide bonds. The van der Waals surface area contributed by atoms with Crippen molar-refractivity contribution in [3.05, 3.63) is 46.3 Å². The SMILES string of the molecule is Cc1noc(C)c1S(=O)(=O)N1CCN(C(=O)c2ccc3c(c2)CCCC3)CC1. The smallest absolute Gasteiger partial charge is 0.253 e. The van der Waals surface area contributed by atoms with E-state index >= 15 is 0 Å². The van der Waals surface area contributed by atoms with Gasteiger partial charge in [-0.05, 0) is 62.8 Å². The average Bonchev–Trinajstić information content (AvgIpc) is 3.06. The number of hydrogen-bond acceptors (Lipinski definition) is 5. The zero-order valence-electron chi connectivity index (χ0n) is 16.3. The molecule has 0 bridgehead atoms. The lowest BCUT2D eigenvalue weighted by Crippen LogP contribution is -2.50. The maximum Gasteiger partial charge on any atom is 0.253 e. The lowest BCUT2D eigenvalue weighted by atomic mass is 9.90. The van der Waals surface area contributed by atoms with E-state index in [0.717, 1.165) is 12.8 Å². The second kappa shape index (κ2) is 7.33. The van der Waals surface area contributed by atoms with E-state index in [4.69, 9.17) is 4.52 Å². The van der Waals surface area contributed by atoms with Crippen molar-refractivity contribution >= 4 is 15.9 Å². The fourth-order valence-corrected chi connectivity index (χ4v) is 5.87. The first kappa shape index (κ1) is 19.1. The van der Waals surface area contributed by atoms with Gasteiger partial charge in [0.05, 0.1) is 0 Å². The quantitative estimate of drug-likeness (QED) is 0.785. The molecule has 2 aliphatic rings. The number of piperazine rings is 1. The summed E-state index contributed by atoms with van der Waals surface area (Å²) >= 11 is 0. The van der Waals surface area contributed by atoms with Gasteiger partial charge < -0.3 is 9.42 Å². The molecule has 0 atom stereocenters. The summed E-state index contributed by atoms with van der Waals surface area (Å²) < 4.78 is 32.3. The predicted octanol–water partition coefficient (Wildman–Crippen LogP) is 2.32. The molecule has 0 N–H and O–H groups in total. The summed E-state index contributed by atoms with van der Waals surface area (Å²) in [4.78, 5) is 14.8. The van der Waals surface area contributed by atoms with Gasteiger partial charge in [-0.3, -0.25) is 4.79 Å². The number of sulfonamides is 1. The van der Waals surface area contributed by atoms with Gasteiger partial charge in [0.2, 0.25) is 10.0 Å². The molecule has 2 heterocycles. The molecule has 1 fully saturated rings. The van der Waals surface area contributed by atoms with Crippen molar-refractivity contribution in [1.29, 1.82) is 0 Å². The van der Waals surface area contributed by atoms with E-state index in [2.05, 4.69) is 11.2 Å². The minimum Gasteiger partial charge on any atom is -0.360 e. The summed E-state index contributed by atoms with van der Waals surface area (Å²) in [6.07, 6.45) is 4.49. The molecular weight excluding hydrogens is 378 g/mol. The molecular formula is C20H25N3O4S. The van der Waals surface area contributed by atoms with Crippen molar-refractivity contribution in [2.24, 2.45) is 0 Å². The van der Waals surface area contributed by atoms with Crippen LogP contribution in [-0.2, 0) is 22.9 Å². The molecule has 0 unspecified atom stereocenters. The van der Waals surface area contributed by atoms with Crippen LogP contribution in [0.15, 0.2) is 27.6 Å². The highest BCUT2D eigenvalue weighted by Gasteiger charge is 2.34. The number of benzene rings is 1. The van der Waals surface area contributed by atoms with Crippen LogP contribution in [0.1, 0.15) is 45.8 Å². The van der Waals surface area contributed by atoms with E-state index < -0.39 is 10.0 Å². The minimum absolute atomic E-state index is 0.0252. The number of rotatable bonds is 3. The number of carbonyl (C=O) groups is 1. The number of nitrogens with zero attached hydrogens (tertiary/aromatic N) is 3. The number of aryl methyl sites for hydroxylation is 4. The van der Waals surface area contributed by atoms with Gasteiger partial charge in [0, 0.05) is 31.7 Å². The van der Waals surface area contributed by atoms with Crippen molar-refractivity contribution in [3.8, 4) is 0 Å². The van der Waals surface area contributed by atoms with Crippen LogP contribution in [0.3, 0.4) is 0 Å². The summed E-state index contributed by atoms with van der Waals surface area (Å²) in [6.45, 7) is 4.51. The van der Waals surface area contributed by atoms with Gasteiger partial charge in [0.15, 0.2) is 5.76 Å². The molecule has 0 saturated carbocycles. The highest BCUT2D eigenvalue weighted by atomic mass is 32.2. The van der Waals surface area contributed by atoms with Gasteiger partial charge >= 0.3 is 0 Å². The van der Waals surface area contributed by atoms with Crippen LogP contribution >= 0.6 is 0 Å². The van der Waals surface area contributed by atoms with Crippen LogP contribution in [0.5, 0.6) is 0 Å². The highest BCUT2D eigenvalue weighted by Crippen LogP contribution is 2.26. The van der Waals surface area contributed by atoms with Crippen molar-refractivity contribution in [3.63, 3.8) is 0 Å².